The SMILES string of the molecule is COc1ccccc1N[C@@H](C(=O)OC1CN2CCC1CC2)c1ccccc1. The van der Waals surface area contributed by atoms with E-state index in [1.165, 1.54) is 0 Å². The first kappa shape index (κ1) is 17.9. The summed E-state index contributed by atoms with van der Waals surface area (Å²) >= 11 is 0. The molecular formula is C22H26N2O3. The van der Waals surface area contributed by atoms with Gasteiger partial charge in [0.05, 0.1) is 12.8 Å². The molecule has 142 valence electrons. The number of hydrogen-bond donors (Lipinski definition) is 1. The van der Waals surface area contributed by atoms with E-state index in [4.69, 9.17) is 9.47 Å². The predicted octanol–water partition coefficient (Wildman–Crippen LogP) is 3.49. The van der Waals surface area contributed by atoms with Crippen molar-refractivity contribution >= 4 is 11.7 Å². The van der Waals surface area contributed by atoms with Gasteiger partial charge in [-0.1, -0.05) is 42.5 Å². The number of carbonyl (C=O) groups excluding carboxylic acids is 1. The number of carbonyl (C=O) groups is 1. The van der Waals surface area contributed by atoms with Crippen LogP contribution in [0, 0.1) is 5.92 Å². The summed E-state index contributed by atoms with van der Waals surface area (Å²) in [5, 5.41) is 3.34. The number of anilines is 1. The molecule has 0 amide bonds. The van der Waals surface area contributed by atoms with Crippen LogP contribution in [0.1, 0.15) is 24.4 Å². The van der Waals surface area contributed by atoms with Crippen LogP contribution in [0.3, 0.4) is 0 Å². The van der Waals surface area contributed by atoms with Crippen LogP contribution in [0.4, 0.5) is 5.69 Å². The molecule has 0 aromatic heterocycles. The standard InChI is InChI=1S/C22H26N2O3/c1-26-19-10-6-5-9-18(19)23-21(17-7-3-2-4-8-17)22(25)27-20-15-24-13-11-16(20)12-14-24/h2-10,16,20-21,23H,11-15H2,1H3/t20?,21-/m1/s1. The first-order chi connectivity index (χ1) is 13.2. The van der Waals surface area contributed by atoms with Crippen molar-refractivity contribution in [2.45, 2.75) is 25.0 Å². The zero-order valence-corrected chi connectivity index (χ0v) is 15.6. The molecule has 0 aliphatic carbocycles. The molecule has 0 spiro atoms. The molecule has 27 heavy (non-hydrogen) atoms. The number of nitrogens with one attached hydrogen (secondary N) is 1. The number of hydrogen-bond acceptors (Lipinski definition) is 5. The Kier molecular flexibility index (Phi) is 5.30. The van der Waals surface area contributed by atoms with E-state index in [1.807, 2.05) is 54.6 Å². The molecule has 0 saturated carbocycles. The highest BCUT2D eigenvalue weighted by Gasteiger charge is 2.38. The van der Waals surface area contributed by atoms with Gasteiger partial charge in [-0.05, 0) is 49.5 Å². The van der Waals surface area contributed by atoms with Crippen LogP contribution in [-0.4, -0.2) is 43.7 Å². The highest BCUT2D eigenvalue weighted by atomic mass is 16.5. The van der Waals surface area contributed by atoms with Crippen molar-refractivity contribution in [1.29, 1.82) is 0 Å². The van der Waals surface area contributed by atoms with Crippen LogP contribution in [0.5, 0.6) is 5.75 Å². The normalized spacial score (nSPS) is 24.9. The van der Waals surface area contributed by atoms with E-state index in [-0.39, 0.29) is 12.1 Å². The number of benzene rings is 2. The summed E-state index contributed by atoms with van der Waals surface area (Å²) in [6, 6.07) is 16.8. The maximum atomic E-state index is 13.1. The van der Waals surface area contributed by atoms with Crippen LogP contribution in [-0.2, 0) is 9.53 Å². The monoisotopic (exact) mass is 366 g/mol. The number of nitrogens with zero attached hydrogens (tertiary/aromatic N) is 1. The second kappa shape index (κ2) is 8.01. The Morgan fingerprint density at radius 3 is 2.44 bits per heavy atom. The zero-order chi connectivity index (χ0) is 18.6. The van der Waals surface area contributed by atoms with Crippen molar-refractivity contribution in [3.05, 3.63) is 60.2 Å². The molecule has 2 aromatic carbocycles. The smallest absolute Gasteiger partial charge is 0.333 e. The fourth-order valence-electron chi connectivity index (χ4n) is 4.10. The Morgan fingerprint density at radius 1 is 1.07 bits per heavy atom. The van der Waals surface area contributed by atoms with Crippen molar-refractivity contribution in [1.82, 2.24) is 4.90 Å². The molecular weight excluding hydrogens is 340 g/mol. The Bertz CT molecular complexity index is 772. The number of para-hydroxylation sites is 2. The van der Waals surface area contributed by atoms with Gasteiger partial charge >= 0.3 is 5.97 Å². The second-order valence-electron chi connectivity index (χ2n) is 7.30. The number of ether oxygens (including phenoxy) is 2. The van der Waals surface area contributed by atoms with Gasteiger partial charge in [0.25, 0.3) is 0 Å². The maximum Gasteiger partial charge on any atom is 0.333 e. The van der Waals surface area contributed by atoms with Crippen LogP contribution in [0.25, 0.3) is 0 Å². The largest absolute Gasteiger partial charge is 0.495 e. The van der Waals surface area contributed by atoms with E-state index in [1.54, 1.807) is 7.11 Å². The topological polar surface area (TPSA) is 50.8 Å². The molecule has 5 rings (SSSR count). The minimum Gasteiger partial charge on any atom is -0.495 e. The van der Waals surface area contributed by atoms with Gasteiger partial charge in [0, 0.05) is 6.54 Å². The number of rotatable bonds is 6. The molecule has 2 atom stereocenters. The fraction of sp³-hybridized carbons (Fsp3) is 0.409. The summed E-state index contributed by atoms with van der Waals surface area (Å²) in [4.78, 5) is 15.5. The Balaban J connectivity index is 1.55. The first-order valence-corrected chi connectivity index (χ1v) is 9.62. The van der Waals surface area contributed by atoms with Crippen LogP contribution < -0.4 is 10.1 Å². The summed E-state index contributed by atoms with van der Waals surface area (Å²) in [5.41, 5.74) is 1.66. The molecule has 1 N–H and O–H groups in total. The molecule has 5 nitrogen and oxygen atoms in total. The minimum absolute atomic E-state index is 0.00863. The van der Waals surface area contributed by atoms with Crippen molar-refractivity contribution in [3.63, 3.8) is 0 Å². The molecule has 5 heteroatoms. The van der Waals surface area contributed by atoms with Crippen molar-refractivity contribution in [3.8, 4) is 5.75 Å². The summed E-state index contributed by atoms with van der Waals surface area (Å²) < 4.78 is 11.4. The third-order valence-electron chi connectivity index (χ3n) is 5.64. The van der Waals surface area contributed by atoms with Gasteiger partial charge in [-0.2, -0.15) is 0 Å². The zero-order valence-electron chi connectivity index (χ0n) is 15.6. The quantitative estimate of drug-likeness (QED) is 0.793. The second-order valence-corrected chi connectivity index (χ2v) is 7.30. The minimum atomic E-state index is -0.571. The summed E-state index contributed by atoms with van der Waals surface area (Å²) in [7, 11) is 1.63. The lowest BCUT2D eigenvalue weighted by molar-refractivity contribution is -0.159. The van der Waals surface area contributed by atoms with Gasteiger partial charge in [0.15, 0.2) is 6.04 Å². The van der Waals surface area contributed by atoms with Crippen LogP contribution in [0.15, 0.2) is 54.6 Å². The average Bonchev–Trinajstić information content (AvgIpc) is 2.73. The van der Waals surface area contributed by atoms with Gasteiger partial charge in [0.2, 0.25) is 0 Å². The lowest BCUT2D eigenvalue weighted by atomic mass is 9.86. The van der Waals surface area contributed by atoms with Crippen LogP contribution in [0.2, 0.25) is 0 Å². The molecule has 3 aliphatic rings. The Morgan fingerprint density at radius 2 is 1.78 bits per heavy atom. The third-order valence-corrected chi connectivity index (χ3v) is 5.64. The molecule has 1 unspecified atom stereocenters. The van der Waals surface area contributed by atoms with E-state index >= 15 is 0 Å². The molecule has 2 bridgehead atoms. The first-order valence-electron chi connectivity index (χ1n) is 9.62. The van der Waals surface area contributed by atoms with Crippen molar-refractivity contribution in [2.24, 2.45) is 5.92 Å². The third kappa shape index (κ3) is 3.93. The summed E-state index contributed by atoms with van der Waals surface area (Å²) in [5.74, 6) is 0.960. The number of piperidine rings is 3. The van der Waals surface area contributed by atoms with Gasteiger partial charge in [-0.15, -0.1) is 0 Å². The van der Waals surface area contributed by atoms with Gasteiger partial charge in [0.1, 0.15) is 11.9 Å². The van der Waals surface area contributed by atoms with E-state index in [2.05, 4.69) is 10.2 Å². The molecule has 0 radical (unpaired) electrons. The van der Waals surface area contributed by atoms with E-state index < -0.39 is 6.04 Å². The number of esters is 1. The lowest BCUT2D eigenvalue weighted by Crippen LogP contribution is -2.52. The van der Waals surface area contributed by atoms with E-state index in [0.29, 0.717) is 11.7 Å². The summed E-state index contributed by atoms with van der Waals surface area (Å²) in [6.07, 6.45) is 2.23. The average molecular weight is 366 g/mol. The molecule has 3 aliphatic heterocycles. The number of fused-ring (bicyclic) bond motifs is 3. The number of methoxy groups -OCH3 is 1. The van der Waals surface area contributed by atoms with Gasteiger partial charge in [-0.3, -0.25) is 4.90 Å². The predicted molar refractivity (Wildman–Crippen MR) is 105 cm³/mol. The highest BCUT2D eigenvalue weighted by Crippen LogP contribution is 2.32. The van der Waals surface area contributed by atoms with Gasteiger partial charge < -0.3 is 14.8 Å². The molecule has 3 saturated heterocycles. The molecule has 3 heterocycles. The van der Waals surface area contributed by atoms with Crippen LogP contribution >= 0.6 is 0 Å². The lowest BCUT2D eigenvalue weighted by Gasteiger charge is -2.44. The van der Waals surface area contributed by atoms with E-state index in [0.717, 1.165) is 43.7 Å². The Labute approximate surface area is 160 Å². The van der Waals surface area contributed by atoms with Crippen molar-refractivity contribution in [2.75, 3.05) is 32.1 Å². The fourth-order valence-corrected chi connectivity index (χ4v) is 4.10. The van der Waals surface area contributed by atoms with E-state index in [9.17, 15) is 4.79 Å². The Hall–Kier alpha value is -2.53. The summed E-state index contributed by atoms with van der Waals surface area (Å²) in [6.45, 7) is 3.10. The van der Waals surface area contributed by atoms with Gasteiger partial charge in [-0.25, -0.2) is 4.79 Å². The highest BCUT2D eigenvalue weighted by molar-refractivity contribution is 5.82. The molecule has 2 aromatic rings. The maximum absolute atomic E-state index is 13.1. The van der Waals surface area contributed by atoms with Crippen molar-refractivity contribution < 1.29 is 14.3 Å². The molecule has 3 fully saturated rings.